The van der Waals surface area contributed by atoms with Gasteiger partial charge < -0.3 is 4.98 Å². The summed E-state index contributed by atoms with van der Waals surface area (Å²) in [5, 5.41) is 7.58. The second-order valence-corrected chi connectivity index (χ2v) is 7.17. The van der Waals surface area contributed by atoms with Gasteiger partial charge in [0.15, 0.2) is 17.4 Å². The number of ketones is 2. The molecular formula is C19H20N4O2S. The fourth-order valence-corrected chi connectivity index (χ4v) is 3.58. The number of aromatic nitrogens is 4. The number of thioether (sulfide) groups is 1. The maximum absolute atomic E-state index is 12.5. The van der Waals surface area contributed by atoms with Crippen molar-refractivity contribution in [2.45, 2.75) is 32.9 Å². The number of rotatable bonds is 6. The lowest BCUT2D eigenvalue weighted by Gasteiger charge is -1.99. The van der Waals surface area contributed by atoms with Crippen LogP contribution in [-0.4, -0.2) is 37.5 Å². The van der Waals surface area contributed by atoms with E-state index in [9.17, 15) is 9.59 Å². The number of hydrogen-bond donors (Lipinski definition) is 2. The van der Waals surface area contributed by atoms with Gasteiger partial charge in [-0.3, -0.25) is 14.7 Å². The van der Waals surface area contributed by atoms with Gasteiger partial charge in [-0.25, -0.2) is 4.98 Å². The maximum atomic E-state index is 12.5. The molecule has 0 spiro atoms. The Morgan fingerprint density at radius 2 is 1.81 bits per heavy atom. The van der Waals surface area contributed by atoms with Crippen LogP contribution in [0.15, 0.2) is 29.4 Å². The van der Waals surface area contributed by atoms with Crippen molar-refractivity contribution in [2.75, 3.05) is 5.75 Å². The van der Waals surface area contributed by atoms with Crippen LogP contribution in [0, 0.1) is 20.8 Å². The first-order chi connectivity index (χ1) is 12.4. The summed E-state index contributed by atoms with van der Waals surface area (Å²) in [4.78, 5) is 31.7. The molecule has 1 aromatic carbocycles. The first-order valence-electron chi connectivity index (χ1n) is 8.22. The molecular weight excluding hydrogens is 348 g/mol. The van der Waals surface area contributed by atoms with E-state index in [1.54, 1.807) is 13.8 Å². The zero-order chi connectivity index (χ0) is 18.8. The van der Waals surface area contributed by atoms with Crippen molar-refractivity contribution in [2.24, 2.45) is 0 Å². The molecule has 3 rings (SSSR count). The standard InChI is InChI=1S/C19H20N4O2S/c1-10-5-7-14(8-6-10)18-21-19(23-22-18)26-9-15(25)17-11(2)16(13(4)24)12(3)20-17/h5-8,20H,9H2,1-4H3,(H,21,22,23). The monoisotopic (exact) mass is 368 g/mol. The molecule has 0 aliphatic heterocycles. The highest BCUT2D eigenvalue weighted by molar-refractivity contribution is 7.99. The second-order valence-electron chi connectivity index (χ2n) is 6.23. The molecule has 0 unspecified atom stereocenters. The molecule has 6 nitrogen and oxygen atoms in total. The van der Waals surface area contributed by atoms with Crippen molar-refractivity contribution in [1.29, 1.82) is 0 Å². The molecule has 2 aromatic heterocycles. The summed E-state index contributed by atoms with van der Waals surface area (Å²) in [5.74, 6) is 0.749. The molecule has 2 heterocycles. The van der Waals surface area contributed by atoms with E-state index in [1.165, 1.54) is 24.2 Å². The molecule has 0 saturated heterocycles. The van der Waals surface area contributed by atoms with E-state index in [0.29, 0.717) is 27.8 Å². The molecule has 0 aliphatic rings. The normalized spacial score (nSPS) is 10.9. The summed E-state index contributed by atoms with van der Waals surface area (Å²) in [6, 6.07) is 7.97. The van der Waals surface area contributed by atoms with Gasteiger partial charge in [0, 0.05) is 16.8 Å². The molecule has 0 fully saturated rings. The average molecular weight is 368 g/mol. The number of nitrogens with zero attached hydrogens (tertiary/aromatic N) is 2. The highest BCUT2D eigenvalue weighted by Gasteiger charge is 2.20. The summed E-state index contributed by atoms with van der Waals surface area (Å²) < 4.78 is 0. The number of aryl methyl sites for hydroxylation is 2. The Morgan fingerprint density at radius 3 is 2.42 bits per heavy atom. The molecule has 26 heavy (non-hydrogen) atoms. The van der Waals surface area contributed by atoms with Gasteiger partial charge in [-0.15, -0.1) is 5.10 Å². The van der Waals surface area contributed by atoms with Crippen LogP contribution in [0.3, 0.4) is 0 Å². The number of carbonyl (C=O) groups is 2. The predicted molar refractivity (Wildman–Crippen MR) is 102 cm³/mol. The van der Waals surface area contributed by atoms with Crippen LogP contribution in [0.25, 0.3) is 11.4 Å². The lowest BCUT2D eigenvalue weighted by molar-refractivity contribution is 0.101. The highest BCUT2D eigenvalue weighted by atomic mass is 32.2. The number of aromatic amines is 2. The minimum absolute atomic E-state index is 0.0420. The van der Waals surface area contributed by atoms with E-state index < -0.39 is 0 Å². The smallest absolute Gasteiger partial charge is 0.209 e. The zero-order valence-electron chi connectivity index (χ0n) is 15.1. The summed E-state index contributed by atoms with van der Waals surface area (Å²) in [7, 11) is 0. The molecule has 0 bridgehead atoms. The number of hydrogen-bond acceptors (Lipinski definition) is 5. The van der Waals surface area contributed by atoms with Crippen molar-refractivity contribution in [3.8, 4) is 11.4 Å². The van der Waals surface area contributed by atoms with Gasteiger partial charge in [-0.05, 0) is 33.3 Å². The minimum atomic E-state index is -0.0789. The number of Topliss-reactive ketones (excluding diaryl/α,β-unsaturated/α-hetero) is 2. The van der Waals surface area contributed by atoms with E-state index >= 15 is 0 Å². The van der Waals surface area contributed by atoms with Crippen molar-refractivity contribution >= 4 is 23.3 Å². The van der Waals surface area contributed by atoms with Crippen LogP contribution in [0.2, 0.25) is 0 Å². The van der Waals surface area contributed by atoms with E-state index in [2.05, 4.69) is 20.2 Å². The van der Waals surface area contributed by atoms with Gasteiger partial charge in [0.25, 0.3) is 0 Å². The van der Waals surface area contributed by atoms with Gasteiger partial charge in [-0.1, -0.05) is 41.6 Å². The Bertz CT molecular complexity index is 970. The first-order valence-corrected chi connectivity index (χ1v) is 9.21. The molecule has 7 heteroatoms. The quantitative estimate of drug-likeness (QED) is 0.508. The van der Waals surface area contributed by atoms with Gasteiger partial charge >= 0.3 is 0 Å². The fourth-order valence-electron chi connectivity index (χ4n) is 2.91. The van der Waals surface area contributed by atoms with Gasteiger partial charge in [0.1, 0.15) is 0 Å². The van der Waals surface area contributed by atoms with Gasteiger partial charge in [-0.2, -0.15) is 0 Å². The molecule has 0 amide bonds. The maximum Gasteiger partial charge on any atom is 0.209 e. The van der Waals surface area contributed by atoms with E-state index in [-0.39, 0.29) is 17.3 Å². The average Bonchev–Trinajstić information content (AvgIpc) is 3.18. The molecule has 0 saturated carbocycles. The van der Waals surface area contributed by atoms with Crippen LogP contribution in [0.5, 0.6) is 0 Å². The van der Waals surface area contributed by atoms with Crippen molar-refractivity contribution in [1.82, 2.24) is 20.2 Å². The Kier molecular flexibility index (Phi) is 5.08. The number of H-pyrrole nitrogens is 2. The van der Waals surface area contributed by atoms with Crippen LogP contribution < -0.4 is 0 Å². The molecule has 3 aromatic rings. The van der Waals surface area contributed by atoms with E-state index in [4.69, 9.17) is 0 Å². The summed E-state index contributed by atoms with van der Waals surface area (Å²) >= 11 is 1.27. The molecule has 0 radical (unpaired) electrons. The molecule has 0 aliphatic carbocycles. The van der Waals surface area contributed by atoms with E-state index in [0.717, 1.165) is 11.3 Å². The Hall–Kier alpha value is -2.67. The predicted octanol–water partition coefficient (Wildman–Crippen LogP) is 3.90. The Labute approximate surface area is 155 Å². The van der Waals surface area contributed by atoms with E-state index in [1.807, 2.05) is 31.2 Å². The van der Waals surface area contributed by atoms with Crippen LogP contribution in [0.4, 0.5) is 0 Å². The Morgan fingerprint density at radius 1 is 1.12 bits per heavy atom. The second kappa shape index (κ2) is 7.29. The highest BCUT2D eigenvalue weighted by Crippen LogP contribution is 2.23. The van der Waals surface area contributed by atoms with Crippen LogP contribution in [-0.2, 0) is 0 Å². The number of nitrogens with one attached hydrogen (secondary N) is 2. The lowest BCUT2D eigenvalue weighted by Crippen LogP contribution is -2.05. The minimum Gasteiger partial charge on any atom is -0.355 e. The third-order valence-electron chi connectivity index (χ3n) is 4.19. The third kappa shape index (κ3) is 3.62. The summed E-state index contributed by atoms with van der Waals surface area (Å²) in [5.41, 5.74) is 4.63. The lowest BCUT2D eigenvalue weighted by atomic mass is 10.1. The SMILES string of the molecule is CC(=O)c1c(C)[nH]c(C(=O)CSc2n[nH]c(-c3ccc(C)cc3)n2)c1C. The number of carbonyl (C=O) groups excluding carboxylic acids is 2. The van der Waals surface area contributed by atoms with Crippen molar-refractivity contribution < 1.29 is 9.59 Å². The largest absolute Gasteiger partial charge is 0.355 e. The molecule has 2 N–H and O–H groups in total. The summed E-state index contributed by atoms with van der Waals surface area (Å²) in [6.45, 7) is 7.13. The van der Waals surface area contributed by atoms with Crippen molar-refractivity contribution in [3.05, 3.63) is 52.3 Å². The topological polar surface area (TPSA) is 91.5 Å². The summed E-state index contributed by atoms with van der Waals surface area (Å²) in [6.07, 6.45) is 0. The van der Waals surface area contributed by atoms with Gasteiger partial charge in [0.2, 0.25) is 5.16 Å². The van der Waals surface area contributed by atoms with Crippen LogP contribution in [0.1, 0.15) is 44.6 Å². The van der Waals surface area contributed by atoms with Crippen molar-refractivity contribution in [3.63, 3.8) is 0 Å². The molecule has 134 valence electrons. The zero-order valence-corrected chi connectivity index (χ0v) is 16.0. The van der Waals surface area contributed by atoms with Crippen LogP contribution >= 0.6 is 11.8 Å². The Balaban J connectivity index is 1.70. The fraction of sp³-hybridized carbons (Fsp3) is 0.263. The first kappa shape index (κ1) is 18.1. The third-order valence-corrected chi connectivity index (χ3v) is 5.04. The molecule has 0 atom stereocenters. The number of benzene rings is 1. The van der Waals surface area contributed by atoms with Gasteiger partial charge in [0.05, 0.1) is 11.4 Å².